The number of carboxylic acid groups (broad SMARTS) is 1. The maximum absolute atomic E-state index is 10.7. The van der Waals surface area contributed by atoms with Crippen LogP contribution in [0.25, 0.3) is 11.6 Å². The van der Waals surface area contributed by atoms with Gasteiger partial charge >= 0.3 is 5.97 Å². The van der Waals surface area contributed by atoms with E-state index in [2.05, 4.69) is 15.9 Å². The summed E-state index contributed by atoms with van der Waals surface area (Å²) >= 11 is 3.31. The van der Waals surface area contributed by atoms with Crippen LogP contribution in [0, 0.1) is 21.4 Å². The molecule has 0 bridgehead atoms. The number of carboxylic acids is 1. The fraction of sp³-hybridized carbons (Fsp3) is 0.0588. The van der Waals surface area contributed by atoms with Crippen LogP contribution in [0.4, 0.5) is 5.69 Å². The number of hydrogen-bond acceptors (Lipinski definition) is 5. The SMILES string of the molecule is N#C/C(=C\c1cc(Br)ccc1OCC(=O)O)c1ccc([N+](=O)[O-])cc1. The van der Waals surface area contributed by atoms with Gasteiger partial charge in [-0.05, 0) is 42.0 Å². The lowest BCUT2D eigenvalue weighted by molar-refractivity contribution is -0.384. The van der Waals surface area contributed by atoms with E-state index in [9.17, 15) is 20.2 Å². The summed E-state index contributed by atoms with van der Waals surface area (Å²) in [6.45, 7) is -0.512. The van der Waals surface area contributed by atoms with E-state index in [-0.39, 0.29) is 11.3 Å². The molecule has 2 rings (SSSR count). The lowest BCUT2D eigenvalue weighted by Gasteiger charge is -2.08. The maximum atomic E-state index is 10.7. The number of rotatable bonds is 6. The van der Waals surface area contributed by atoms with Crippen LogP contribution in [0.5, 0.6) is 5.75 Å². The second-order valence-electron chi connectivity index (χ2n) is 4.84. The van der Waals surface area contributed by atoms with Crippen LogP contribution in [0.2, 0.25) is 0 Å². The molecule has 0 unspecified atom stereocenters. The van der Waals surface area contributed by atoms with Gasteiger partial charge in [0.05, 0.1) is 16.6 Å². The van der Waals surface area contributed by atoms with Crippen molar-refractivity contribution in [3.05, 3.63) is 68.2 Å². The van der Waals surface area contributed by atoms with E-state index in [0.717, 1.165) is 4.47 Å². The third kappa shape index (κ3) is 4.89. The van der Waals surface area contributed by atoms with Crippen LogP contribution in [-0.4, -0.2) is 22.6 Å². The summed E-state index contributed by atoms with van der Waals surface area (Å²) in [6.07, 6.45) is 1.53. The Kier molecular flexibility index (Phi) is 5.87. The third-order valence-electron chi connectivity index (χ3n) is 3.13. The Hall–Kier alpha value is -3.18. The molecule has 2 aromatic rings. The van der Waals surface area contributed by atoms with Crippen molar-refractivity contribution in [2.75, 3.05) is 6.61 Å². The van der Waals surface area contributed by atoms with E-state index in [1.54, 1.807) is 18.2 Å². The number of nitriles is 1. The number of aliphatic carboxylic acids is 1. The Morgan fingerprint density at radius 2 is 2.00 bits per heavy atom. The van der Waals surface area contributed by atoms with E-state index in [0.29, 0.717) is 16.9 Å². The van der Waals surface area contributed by atoms with Gasteiger partial charge < -0.3 is 9.84 Å². The number of halogens is 1. The van der Waals surface area contributed by atoms with Crippen molar-refractivity contribution in [3.8, 4) is 11.8 Å². The third-order valence-corrected chi connectivity index (χ3v) is 3.63. The molecule has 0 aliphatic heterocycles. The zero-order valence-electron chi connectivity index (χ0n) is 12.7. The minimum absolute atomic E-state index is 0.0750. The van der Waals surface area contributed by atoms with Crippen molar-refractivity contribution in [2.45, 2.75) is 0 Å². The van der Waals surface area contributed by atoms with Crippen LogP contribution in [-0.2, 0) is 4.79 Å². The highest BCUT2D eigenvalue weighted by Crippen LogP contribution is 2.28. The molecule has 0 fully saturated rings. The Balaban J connectivity index is 2.41. The molecule has 0 saturated heterocycles. The summed E-state index contributed by atoms with van der Waals surface area (Å²) in [5.74, 6) is -0.811. The lowest BCUT2D eigenvalue weighted by atomic mass is 10.0. The summed E-state index contributed by atoms with van der Waals surface area (Å²) < 4.78 is 5.95. The van der Waals surface area contributed by atoms with Gasteiger partial charge in [-0.2, -0.15) is 5.26 Å². The summed E-state index contributed by atoms with van der Waals surface area (Å²) in [5.41, 5.74) is 1.19. The molecule has 0 spiro atoms. The summed E-state index contributed by atoms with van der Waals surface area (Å²) in [7, 11) is 0. The average molecular weight is 403 g/mol. The number of nitro benzene ring substituents is 1. The van der Waals surface area contributed by atoms with Crippen molar-refractivity contribution in [1.82, 2.24) is 0 Å². The monoisotopic (exact) mass is 402 g/mol. The highest BCUT2D eigenvalue weighted by Gasteiger charge is 2.10. The molecule has 0 saturated carbocycles. The molecule has 126 valence electrons. The molecule has 0 amide bonds. The Bertz CT molecular complexity index is 885. The molecule has 7 nitrogen and oxygen atoms in total. The first-order valence-electron chi connectivity index (χ1n) is 6.91. The standard InChI is InChI=1S/C17H11BrN2O5/c18-14-3-6-16(25-10-17(21)22)12(8-14)7-13(9-19)11-1-4-15(5-2-11)20(23)24/h1-8H,10H2,(H,21,22)/b13-7+. The van der Waals surface area contributed by atoms with Crippen molar-refractivity contribution in [2.24, 2.45) is 0 Å². The number of nitrogens with zero attached hydrogens (tertiary/aromatic N) is 2. The van der Waals surface area contributed by atoms with Crippen LogP contribution >= 0.6 is 15.9 Å². The second-order valence-corrected chi connectivity index (χ2v) is 5.75. The minimum Gasteiger partial charge on any atom is -0.481 e. The predicted molar refractivity (Wildman–Crippen MR) is 93.9 cm³/mol. The number of benzene rings is 2. The molecule has 0 aliphatic carbocycles. The first-order valence-corrected chi connectivity index (χ1v) is 7.71. The fourth-order valence-electron chi connectivity index (χ4n) is 2.00. The minimum atomic E-state index is -1.12. The van der Waals surface area contributed by atoms with Crippen LogP contribution in [0.15, 0.2) is 46.9 Å². The van der Waals surface area contributed by atoms with Gasteiger partial charge in [-0.3, -0.25) is 10.1 Å². The molecule has 0 atom stereocenters. The number of nitro groups is 1. The van der Waals surface area contributed by atoms with Gasteiger partial charge in [-0.25, -0.2) is 4.79 Å². The summed E-state index contributed by atoms with van der Waals surface area (Å²) in [5, 5.41) is 28.8. The summed E-state index contributed by atoms with van der Waals surface area (Å²) in [6, 6.07) is 12.6. The normalized spacial score (nSPS) is 10.8. The Labute approximate surface area is 151 Å². The zero-order valence-corrected chi connectivity index (χ0v) is 14.3. The first-order chi connectivity index (χ1) is 11.9. The Morgan fingerprint density at radius 1 is 1.32 bits per heavy atom. The number of non-ortho nitro benzene ring substituents is 1. The van der Waals surface area contributed by atoms with E-state index in [1.807, 2.05) is 6.07 Å². The van der Waals surface area contributed by atoms with E-state index in [1.165, 1.54) is 30.3 Å². The quantitative estimate of drug-likeness (QED) is 0.339. The largest absolute Gasteiger partial charge is 0.481 e. The van der Waals surface area contributed by atoms with E-state index in [4.69, 9.17) is 9.84 Å². The van der Waals surface area contributed by atoms with Crippen LogP contribution < -0.4 is 4.74 Å². The highest BCUT2D eigenvalue weighted by atomic mass is 79.9. The number of hydrogen-bond donors (Lipinski definition) is 1. The second kappa shape index (κ2) is 8.08. The summed E-state index contributed by atoms with van der Waals surface area (Å²) in [4.78, 5) is 20.9. The molecular formula is C17H11BrN2O5. The van der Waals surface area contributed by atoms with Crippen molar-refractivity contribution >= 4 is 39.2 Å². The van der Waals surface area contributed by atoms with Gasteiger partial charge in [-0.15, -0.1) is 0 Å². The first kappa shape index (κ1) is 18.2. The smallest absolute Gasteiger partial charge is 0.341 e. The molecular weight excluding hydrogens is 392 g/mol. The molecule has 1 N–H and O–H groups in total. The van der Waals surface area contributed by atoms with Crippen molar-refractivity contribution in [1.29, 1.82) is 5.26 Å². The van der Waals surface area contributed by atoms with Gasteiger partial charge in [0.2, 0.25) is 0 Å². The van der Waals surface area contributed by atoms with Gasteiger partial charge in [0.25, 0.3) is 5.69 Å². The van der Waals surface area contributed by atoms with E-state index < -0.39 is 17.5 Å². The molecule has 0 aromatic heterocycles. The maximum Gasteiger partial charge on any atom is 0.341 e. The van der Waals surface area contributed by atoms with Gasteiger partial charge in [0.15, 0.2) is 6.61 Å². The van der Waals surface area contributed by atoms with E-state index >= 15 is 0 Å². The highest BCUT2D eigenvalue weighted by molar-refractivity contribution is 9.10. The molecule has 0 radical (unpaired) electrons. The van der Waals surface area contributed by atoms with Gasteiger partial charge in [0.1, 0.15) is 5.75 Å². The molecule has 0 heterocycles. The predicted octanol–water partition coefficient (Wildman–Crippen LogP) is 3.88. The molecule has 8 heteroatoms. The van der Waals surface area contributed by atoms with Crippen molar-refractivity contribution < 1.29 is 19.6 Å². The Morgan fingerprint density at radius 3 is 2.56 bits per heavy atom. The molecule has 0 aliphatic rings. The number of allylic oxidation sites excluding steroid dienone is 1. The fourth-order valence-corrected chi connectivity index (χ4v) is 2.38. The molecule has 2 aromatic carbocycles. The lowest BCUT2D eigenvalue weighted by Crippen LogP contribution is -2.10. The topological polar surface area (TPSA) is 113 Å². The zero-order chi connectivity index (χ0) is 18.4. The van der Waals surface area contributed by atoms with Crippen LogP contribution in [0.3, 0.4) is 0 Å². The average Bonchev–Trinajstić information content (AvgIpc) is 2.58. The van der Waals surface area contributed by atoms with Gasteiger partial charge in [-0.1, -0.05) is 15.9 Å². The molecule has 25 heavy (non-hydrogen) atoms. The van der Waals surface area contributed by atoms with Gasteiger partial charge in [0, 0.05) is 22.2 Å². The van der Waals surface area contributed by atoms with Crippen molar-refractivity contribution in [3.63, 3.8) is 0 Å². The number of carbonyl (C=O) groups is 1. The number of ether oxygens (including phenoxy) is 1. The van der Waals surface area contributed by atoms with Crippen LogP contribution in [0.1, 0.15) is 11.1 Å².